The number of benzene rings is 2. The number of morpholine rings is 1. The summed E-state index contributed by atoms with van der Waals surface area (Å²) in [5, 5.41) is 11.5. The fraction of sp³-hybridized carbons (Fsp3) is 0.278. The molecule has 0 amide bonds. The van der Waals surface area contributed by atoms with Gasteiger partial charge < -0.3 is 9.64 Å². The van der Waals surface area contributed by atoms with E-state index in [0.717, 1.165) is 11.1 Å². The van der Waals surface area contributed by atoms with E-state index in [1.807, 2.05) is 54.6 Å². The largest absolute Gasteiger partial charge is 0.416 e. The molecule has 27 heavy (non-hydrogen) atoms. The van der Waals surface area contributed by atoms with Crippen LogP contribution in [-0.2, 0) is 4.74 Å². The van der Waals surface area contributed by atoms with Crippen LogP contribution in [0.5, 0.6) is 0 Å². The average Bonchev–Trinajstić information content (AvgIpc) is 3.18. The Labute approximate surface area is 153 Å². The smallest absolute Gasteiger partial charge is 0.365 e. The molecule has 1 atom stereocenters. The molecule has 0 radical (unpaired) electrons. The summed E-state index contributed by atoms with van der Waals surface area (Å²) >= 11 is 0. The Morgan fingerprint density at radius 2 is 1.67 bits per heavy atom. The standard InChI is InChI=1S/C18H16F3N5O/c19-18(20,21)16-12-25(10-11-27-16)17-22-23-24-26(17)15-8-6-14(7-9-15)13-4-2-1-3-5-13/h1-9,16H,10-12H2/t16-/m0/s1. The van der Waals surface area contributed by atoms with E-state index in [-0.39, 0.29) is 25.6 Å². The Morgan fingerprint density at radius 1 is 0.963 bits per heavy atom. The number of hydrogen-bond donors (Lipinski definition) is 0. The second-order valence-electron chi connectivity index (χ2n) is 6.15. The summed E-state index contributed by atoms with van der Waals surface area (Å²) in [6.07, 6.45) is -6.27. The maximum absolute atomic E-state index is 13.0. The van der Waals surface area contributed by atoms with Gasteiger partial charge in [-0.25, -0.2) is 0 Å². The maximum Gasteiger partial charge on any atom is 0.416 e. The molecule has 0 spiro atoms. The van der Waals surface area contributed by atoms with Gasteiger partial charge in [0.1, 0.15) is 0 Å². The van der Waals surface area contributed by atoms with E-state index in [1.54, 1.807) is 0 Å². The van der Waals surface area contributed by atoms with Gasteiger partial charge in [0.15, 0.2) is 6.10 Å². The van der Waals surface area contributed by atoms with Crippen LogP contribution in [0.15, 0.2) is 54.6 Å². The van der Waals surface area contributed by atoms with E-state index in [1.165, 1.54) is 9.58 Å². The van der Waals surface area contributed by atoms with E-state index >= 15 is 0 Å². The molecule has 1 saturated heterocycles. The minimum atomic E-state index is -4.42. The number of rotatable bonds is 3. The molecule has 0 bridgehead atoms. The number of alkyl halides is 3. The van der Waals surface area contributed by atoms with Crippen LogP contribution < -0.4 is 4.90 Å². The van der Waals surface area contributed by atoms with Gasteiger partial charge in [0.2, 0.25) is 0 Å². The molecular formula is C18H16F3N5O. The van der Waals surface area contributed by atoms with E-state index in [4.69, 9.17) is 4.74 Å². The van der Waals surface area contributed by atoms with Crippen molar-refractivity contribution in [3.8, 4) is 16.8 Å². The molecule has 1 fully saturated rings. The van der Waals surface area contributed by atoms with E-state index in [0.29, 0.717) is 5.69 Å². The first-order chi connectivity index (χ1) is 13.0. The van der Waals surface area contributed by atoms with Crippen molar-refractivity contribution in [1.29, 1.82) is 0 Å². The highest BCUT2D eigenvalue weighted by Gasteiger charge is 2.44. The molecule has 0 aliphatic carbocycles. The predicted octanol–water partition coefficient (Wildman–Crippen LogP) is 3.10. The molecular weight excluding hydrogens is 359 g/mol. The Hall–Kier alpha value is -2.94. The molecule has 6 nitrogen and oxygen atoms in total. The first kappa shape index (κ1) is 17.5. The fourth-order valence-corrected chi connectivity index (χ4v) is 3.00. The van der Waals surface area contributed by atoms with Gasteiger partial charge >= 0.3 is 6.18 Å². The molecule has 2 heterocycles. The van der Waals surface area contributed by atoms with Gasteiger partial charge in [-0.05, 0) is 33.7 Å². The van der Waals surface area contributed by atoms with Gasteiger partial charge in [0, 0.05) is 6.54 Å². The van der Waals surface area contributed by atoms with Crippen molar-refractivity contribution in [1.82, 2.24) is 20.2 Å². The van der Waals surface area contributed by atoms with Crippen molar-refractivity contribution in [2.75, 3.05) is 24.6 Å². The highest BCUT2D eigenvalue weighted by molar-refractivity contribution is 5.64. The third kappa shape index (κ3) is 3.63. The van der Waals surface area contributed by atoms with Crippen LogP contribution in [0.1, 0.15) is 0 Å². The maximum atomic E-state index is 13.0. The lowest BCUT2D eigenvalue weighted by Gasteiger charge is -2.33. The van der Waals surface area contributed by atoms with E-state index in [9.17, 15) is 13.2 Å². The normalized spacial score (nSPS) is 17.9. The molecule has 4 rings (SSSR count). The summed E-state index contributed by atoms with van der Waals surface area (Å²) in [6.45, 7) is -0.0923. The molecule has 3 aromatic rings. The first-order valence-electron chi connectivity index (χ1n) is 8.40. The summed E-state index contributed by atoms with van der Waals surface area (Å²) in [7, 11) is 0. The lowest BCUT2D eigenvalue weighted by molar-refractivity contribution is -0.221. The Morgan fingerprint density at radius 3 is 2.37 bits per heavy atom. The second-order valence-corrected chi connectivity index (χ2v) is 6.15. The first-order valence-corrected chi connectivity index (χ1v) is 8.40. The molecule has 1 aliphatic heterocycles. The van der Waals surface area contributed by atoms with Crippen LogP contribution in [0.25, 0.3) is 16.8 Å². The summed E-state index contributed by atoms with van der Waals surface area (Å²) < 4.78 is 45.2. The molecule has 0 N–H and O–H groups in total. The average molecular weight is 375 g/mol. The Kier molecular flexibility index (Phi) is 4.53. The number of tetrazole rings is 1. The van der Waals surface area contributed by atoms with E-state index < -0.39 is 12.3 Å². The zero-order chi connectivity index (χ0) is 18.9. The number of aromatic nitrogens is 4. The third-order valence-electron chi connectivity index (χ3n) is 4.39. The molecule has 9 heteroatoms. The predicted molar refractivity (Wildman–Crippen MR) is 92.6 cm³/mol. The van der Waals surface area contributed by atoms with Crippen LogP contribution >= 0.6 is 0 Å². The minimum Gasteiger partial charge on any atom is -0.365 e. The molecule has 140 valence electrons. The number of anilines is 1. The van der Waals surface area contributed by atoms with Gasteiger partial charge in [-0.3, -0.25) is 0 Å². The quantitative estimate of drug-likeness (QED) is 0.704. The number of halogens is 3. The summed E-state index contributed by atoms with van der Waals surface area (Å²) in [6, 6.07) is 17.4. The molecule has 0 saturated carbocycles. The third-order valence-corrected chi connectivity index (χ3v) is 4.39. The zero-order valence-corrected chi connectivity index (χ0v) is 14.2. The van der Waals surface area contributed by atoms with Crippen molar-refractivity contribution >= 4 is 5.95 Å². The summed E-state index contributed by atoms with van der Waals surface area (Å²) in [4.78, 5) is 1.49. The molecule has 1 aromatic heterocycles. The van der Waals surface area contributed by atoms with Crippen LogP contribution in [0.2, 0.25) is 0 Å². The summed E-state index contributed by atoms with van der Waals surface area (Å²) in [5.74, 6) is 0.264. The Balaban J connectivity index is 1.59. The highest BCUT2D eigenvalue weighted by Crippen LogP contribution is 2.28. The number of hydrogen-bond acceptors (Lipinski definition) is 5. The van der Waals surface area contributed by atoms with Crippen molar-refractivity contribution in [2.24, 2.45) is 0 Å². The van der Waals surface area contributed by atoms with Crippen molar-refractivity contribution in [3.63, 3.8) is 0 Å². The number of ether oxygens (including phenoxy) is 1. The SMILES string of the molecule is FC(F)(F)[C@@H]1CN(c2nnnn2-c2ccc(-c3ccccc3)cc2)CCO1. The second kappa shape index (κ2) is 6.99. The fourth-order valence-electron chi connectivity index (χ4n) is 3.00. The molecule has 0 unspecified atom stereocenters. The van der Waals surface area contributed by atoms with Crippen molar-refractivity contribution in [3.05, 3.63) is 54.6 Å². The van der Waals surface area contributed by atoms with Crippen LogP contribution in [-0.4, -0.2) is 52.2 Å². The van der Waals surface area contributed by atoms with Crippen LogP contribution in [0.4, 0.5) is 19.1 Å². The lowest BCUT2D eigenvalue weighted by Crippen LogP contribution is -2.50. The van der Waals surface area contributed by atoms with Gasteiger partial charge in [-0.1, -0.05) is 47.6 Å². The van der Waals surface area contributed by atoms with Crippen molar-refractivity contribution < 1.29 is 17.9 Å². The van der Waals surface area contributed by atoms with Gasteiger partial charge in [-0.2, -0.15) is 17.9 Å². The van der Waals surface area contributed by atoms with Gasteiger partial charge in [0.05, 0.1) is 18.8 Å². The zero-order valence-electron chi connectivity index (χ0n) is 14.2. The van der Waals surface area contributed by atoms with Gasteiger partial charge in [-0.15, -0.1) is 0 Å². The summed E-state index contributed by atoms with van der Waals surface area (Å²) in [5.41, 5.74) is 2.77. The highest BCUT2D eigenvalue weighted by atomic mass is 19.4. The molecule has 1 aliphatic rings. The minimum absolute atomic E-state index is 0.0377. The Bertz CT molecular complexity index is 895. The monoisotopic (exact) mass is 375 g/mol. The molecule has 2 aromatic carbocycles. The van der Waals surface area contributed by atoms with E-state index in [2.05, 4.69) is 15.5 Å². The van der Waals surface area contributed by atoms with Crippen molar-refractivity contribution in [2.45, 2.75) is 12.3 Å². The van der Waals surface area contributed by atoms with Crippen LogP contribution in [0, 0.1) is 0 Å². The number of nitrogens with zero attached hydrogens (tertiary/aromatic N) is 5. The van der Waals surface area contributed by atoms with Gasteiger partial charge in [0.25, 0.3) is 5.95 Å². The topological polar surface area (TPSA) is 56.1 Å². The van der Waals surface area contributed by atoms with Crippen LogP contribution in [0.3, 0.4) is 0 Å². The lowest BCUT2D eigenvalue weighted by atomic mass is 10.1.